The quantitative estimate of drug-likeness (QED) is 0.692. The first-order valence-corrected chi connectivity index (χ1v) is 9.12. The molecule has 0 fully saturated rings. The van der Waals surface area contributed by atoms with Crippen molar-refractivity contribution in [1.82, 2.24) is 14.9 Å². The highest BCUT2D eigenvalue weighted by molar-refractivity contribution is 5.78. The third-order valence-corrected chi connectivity index (χ3v) is 3.66. The number of amides is 1. The highest BCUT2D eigenvalue weighted by Gasteiger charge is 2.24. The first kappa shape index (κ1) is 20.6. The largest absolute Gasteiger partial charge is 0.465 e. The summed E-state index contributed by atoms with van der Waals surface area (Å²) < 4.78 is 10.3. The van der Waals surface area contributed by atoms with Gasteiger partial charge in [-0.3, -0.25) is 9.69 Å². The Morgan fingerprint density at radius 2 is 1.96 bits per heavy atom. The molecule has 0 unspecified atom stereocenters. The molecule has 7 heteroatoms. The third kappa shape index (κ3) is 6.84. The lowest BCUT2D eigenvalue weighted by atomic mass is 10.2. The monoisotopic (exact) mass is 373 g/mol. The number of aryl methyl sites for hydroxylation is 1. The summed E-state index contributed by atoms with van der Waals surface area (Å²) in [4.78, 5) is 34.4. The molecule has 0 N–H and O–H groups in total. The number of rotatable bonds is 7. The van der Waals surface area contributed by atoms with Gasteiger partial charge in [-0.25, -0.2) is 14.8 Å². The molecule has 7 nitrogen and oxygen atoms in total. The predicted molar refractivity (Wildman–Crippen MR) is 102 cm³/mol. The van der Waals surface area contributed by atoms with Crippen LogP contribution >= 0.6 is 0 Å². The van der Waals surface area contributed by atoms with Crippen LogP contribution in [0, 0.1) is 0 Å². The Bertz CT molecular complexity index is 786. The van der Waals surface area contributed by atoms with Gasteiger partial charge in [0.2, 0.25) is 0 Å². The molecule has 0 saturated carbocycles. The molecule has 0 saturated heterocycles. The van der Waals surface area contributed by atoms with Gasteiger partial charge in [-0.15, -0.1) is 0 Å². The van der Waals surface area contributed by atoms with Crippen molar-refractivity contribution in [1.29, 1.82) is 0 Å². The Labute approximate surface area is 159 Å². The summed E-state index contributed by atoms with van der Waals surface area (Å²) in [5.41, 5.74) is 0.960. The molecule has 0 radical (unpaired) electrons. The number of nitrogens with zero attached hydrogens (tertiary/aromatic N) is 3. The van der Waals surface area contributed by atoms with Crippen molar-refractivity contribution in [3.05, 3.63) is 36.2 Å². The zero-order chi connectivity index (χ0) is 19.9. The molecular weight excluding hydrogens is 346 g/mol. The summed E-state index contributed by atoms with van der Waals surface area (Å²) in [6, 6.07) is 7.77. The molecule has 2 aromatic heterocycles. The maximum absolute atomic E-state index is 12.4. The Balaban J connectivity index is 1.98. The molecule has 2 aromatic rings. The van der Waals surface area contributed by atoms with E-state index in [0.717, 1.165) is 11.1 Å². The molecule has 0 aliphatic rings. The fourth-order valence-corrected chi connectivity index (χ4v) is 2.51. The van der Waals surface area contributed by atoms with E-state index in [2.05, 4.69) is 9.97 Å². The van der Waals surface area contributed by atoms with Crippen molar-refractivity contribution in [3.63, 3.8) is 0 Å². The van der Waals surface area contributed by atoms with Gasteiger partial charge in [0, 0.05) is 23.8 Å². The lowest BCUT2D eigenvalue weighted by Gasteiger charge is -2.26. The minimum absolute atomic E-state index is 0.130. The SMILES string of the molecule is CCOC(=O)CN(CCCc1ccc2cccnc2n1)C(=O)OC(C)(C)C. The summed E-state index contributed by atoms with van der Waals surface area (Å²) >= 11 is 0. The van der Waals surface area contributed by atoms with E-state index in [9.17, 15) is 9.59 Å². The van der Waals surface area contributed by atoms with Crippen molar-refractivity contribution in [3.8, 4) is 0 Å². The fourth-order valence-electron chi connectivity index (χ4n) is 2.51. The van der Waals surface area contributed by atoms with Crippen LogP contribution in [0.2, 0.25) is 0 Å². The van der Waals surface area contributed by atoms with E-state index in [0.29, 0.717) is 25.0 Å². The second-order valence-corrected chi connectivity index (χ2v) is 7.16. The minimum Gasteiger partial charge on any atom is -0.465 e. The predicted octanol–water partition coefficient (Wildman–Crippen LogP) is 3.36. The van der Waals surface area contributed by atoms with E-state index in [4.69, 9.17) is 9.47 Å². The smallest absolute Gasteiger partial charge is 0.410 e. The van der Waals surface area contributed by atoms with Crippen molar-refractivity contribution in [2.45, 2.75) is 46.1 Å². The van der Waals surface area contributed by atoms with Gasteiger partial charge in [-0.05, 0) is 64.8 Å². The van der Waals surface area contributed by atoms with Crippen LogP contribution in [-0.2, 0) is 20.7 Å². The zero-order valence-electron chi connectivity index (χ0n) is 16.4. The van der Waals surface area contributed by atoms with Gasteiger partial charge >= 0.3 is 12.1 Å². The number of aromatic nitrogens is 2. The molecule has 0 aliphatic heterocycles. The first-order valence-electron chi connectivity index (χ1n) is 9.12. The second-order valence-electron chi connectivity index (χ2n) is 7.16. The van der Waals surface area contributed by atoms with E-state index in [1.165, 1.54) is 4.90 Å². The van der Waals surface area contributed by atoms with Crippen molar-refractivity contribution in [2.75, 3.05) is 19.7 Å². The highest BCUT2D eigenvalue weighted by atomic mass is 16.6. The Hall–Kier alpha value is -2.70. The molecule has 2 heterocycles. The normalized spacial score (nSPS) is 11.3. The summed E-state index contributed by atoms with van der Waals surface area (Å²) in [6.07, 6.45) is 2.49. The average Bonchev–Trinajstić information content (AvgIpc) is 2.59. The van der Waals surface area contributed by atoms with Crippen LogP contribution in [-0.4, -0.2) is 52.2 Å². The van der Waals surface area contributed by atoms with Crippen LogP contribution in [0.15, 0.2) is 30.5 Å². The summed E-state index contributed by atoms with van der Waals surface area (Å²) in [5.74, 6) is -0.448. The Morgan fingerprint density at radius 3 is 2.67 bits per heavy atom. The molecule has 27 heavy (non-hydrogen) atoms. The average molecular weight is 373 g/mol. The lowest BCUT2D eigenvalue weighted by Crippen LogP contribution is -2.41. The molecule has 0 aromatic carbocycles. The van der Waals surface area contributed by atoms with Crippen LogP contribution in [0.1, 0.15) is 39.8 Å². The lowest BCUT2D eigenvalue weighted by molar-refractivity contribution is -0.144. The first-order chi connectivity index (χ1) is 12.8. The molecular formula is C20H27N3O4. The molecule has 146 valence electrons. The number of carbonyl (C=O) groups is 2. The Kier molecular flexibility index (Phi) is 7.10. The van der Waals surface area contributed by atoms with Gasteiger partial charge in [-0.1, -0.05) is 0 Å². The minimum atomic E-state index is -0.629. The van der Waals surface area contributed by atoms with Crippen LogP contribution in [0.5, 0.6) is 0 Å². The molecule has 0 aliphatic carbocycles. The molecule has 0 atom stereocenters. The number of fused-ring (bicyclic) bond motifs is 1. The van der Waals surface area contributed by atoms with Crippen LogP contribution in [0.25, 0.3) is 11.0 Å². The van der Waals surface area contributed by atoms with Crippen molar-refractivity contribution < 1.29 is 19.1 Å². The number of esters is 1. The van der Waals surface area contributed by atoms with Crippen LogP contribution in [0.3, 0.4) is 0 Å². The number of hydrogen-bond donors (Lipinski definition) is 0. The molecule has 0 spiro atoms. The number of carbonyl (C=O) groups excluding carboxylic acids is 2. The van der Waals surface area contributed by atoms with Gasteiger partial charge in [0.05, 0.1) is 6.61 Å². The van der Waals surface area contributed by atoms with Crippen molar-refractivity contribution in [2.24, 2.45) is 0 Å². The van der Waals surface area contributed by atoms with E-state index in [1.54, 1.807) is 33.9 Å². The number of ether oxygens (including phenoxy) is 2. The molecule has 1 amide bonds. The van der Waals surface area contributed by atoms with Crippen LogP contribution < -0.4 is 0 Å². The molecule has 0 bridgehead atoms. The maximum Gasteiger partial charge on any atom is 0.410 e. The highest BCUT2D eigenvalue weighted by Crippen LogP contribution is 2.13. The summed E-state index contributed by atoms with van der Waals surface area (Å²) in [7, 11) is 0. The van der Waals surface area contributed by atoms with Gasteiger partial charge in [0.1, 0.15) is 12.1 Å². The summed E-state index contributed by atoms with van der Waals surface area (Å²) in [5, 5.41) is 0.985. The fraction of sp³-hybridized carbons (Fsp3) is 0.500. The van der Waals surface area contributed by atoms with Gasteiger partial charge in [0.25, 0.3) is 0 Å². The second kappa shape index (κ2) is 9.30. The molecule has 2 rings (SSSR count). The number of pyridine rings is 2. The van der Waals surface area contributed by atoms with Gasteiger partial charge < -0.3 is 9.47 Å². The summed E-state index contributed by atoms with van der Waals surface area (Å²) in [6.45, 7) is 7.62. The van der Waals surface area contributed by atoms with Crippen LogP contribution in [0.4, 0.5) is 4.79 Å². The third-order valence-electron chi connectivity index (χ3n) is 3.66. The van der Waals surface area contributed by atoms with E-state index in [-0.39, 0.29) is 13.2 Å². The van der Waals surface area contributed by atoms with Gasteiger partial charge in [0.15, 0.2) is 5.65 Å². The van der Waals surface area contributed by atoms with E-state index < -0.39 is 17.7 Å². The number of hydrogen-bond acceptors (Lipinski definition) is 6. The standard InChI is InChI=1S/C20H27N3O4/c1-5-26-17(24)14-23(19(25)27-20(2,3)4)13-7-9-16-11-10-15-8-6-12-21-18(15)22-16/h6,8,10-12H,5,7,9,13-14H2,1-4H3. The van der Waals surface area contributed by atoms with E-state index in [1.807, 2.05) is 24.3 Å². The topological polar surface area (TPSA) is 81.6 Å². The van der Waals surface area contributed by atoms with Crippen molar-refractivity contribution >= 4 is 23.1 Å². The van der Waals surface area contributed by atoms with E-state index >= 15 is 0 Å². The van der Waals surface area contributed by atoms with Gasteiger partial charge in [-0.2, -0.15) is 0 Å². The maximum atomic E-state index is 12.4. The zero-order valence-corrected chi connectivity index (χ0v) is 16.4. The Morgan fingerprint density at radius 1 is 1.19 bits per heavy atom.